The molecule has 0 aromatic carbocycles. The Kier molecular flexibility index (Phi) is 10.0. The van der Waals surface area contributed by atoms with Crippen LogP contribution in [-0.4, -0.2) is 63.1 Å². The van der Waals surface area contributed by atoms with Crippen molar-refractivity contribution in [2.24, 2.45) is 0 Å². The Balaban J connectivity index is 2.57. The summed E-state index contributed by atoms with van der Waals surface area (Å²) in [7, 11) is 0. The number of ether oxygens (including phenoxy) is 1. The van der Waals surface area contributed by atoms with Crippen molar-refractivity contribution in [1.29, 1.82) is 0 Å². The van der Waals surface area contributed by atoms with E-state index in [1.165, 1.54) is 6.20 Å². The van der Waals surface area contributed by atoms with Gasteiger partial charge >= 0.3 is 182 Å². The van der Waals surface area contributed by atoms with Gasteiger partial charge in [-0.3, -0.25) is 0 Å². The standard InChI is InChI=1S/C9H10FN2O5.3C4H9.Sn/c10-6-7(15)4(3-13)17-8(6)12-2-1-5(14)11-9(12)16;3*1-3-4-2;/h2,4,6-8,13,15H,3H2,(H,11,14,16);3*1,3-4H2,2H3;. The number of halogens is 1. The van der Waals surface area contributed by atoms with Crippen LogP contribution in [0.4, 0.5) is 4.39 Å². The topological polar surface area (TPSA) is 105 Å². The Bertz CT molecular complexity index is 762. The normalized spacial score (nSPS) is 24.5. The minimum atomic E-state index is -3.19. The number of alkyl halides is 1. The molecule has 0 bridgehead atoms. The summed E-state index contributed by atoms with van der Waals surface area (Å²) in [5, 5.41) is 19.3. The van der Waals surface area contributed by atoms with Crippen molar-refractivity contribution >= 4 is 22.0 Å². The second-order valence-corrected chi connectivity index (χ2v) is 21.6. The van der Waals surface area contributed by atoms with Crippen LogP contribution >= 0.6 is 0 Å². The monoisotopic (exact) mass is 536 g/mol. The summed E-state index contributed by atoms with van der Waals surface area (Å²) in [5.41, 5.74) is -1.09. The van der Waals surface area contributed by atoms with Gasteiger partial charge in [-0.05, 0) is 0 Å². The summed E-state index contributed by atoms with van der Waals surface area (Å²) >= 11 is -3.19. The van der Waals surface area contributed by atoms with Crippen LogP contribution in [0.3, 0.4) is 0 Å². The Morgan fingerprint density at radius 3 is 2.07 bits per heavy atom. The molecule has 1 fully saturated rings. The number of H-pyrrole nitrogens is 1. The zero-order chi connectivity index (χ0) is 22.3. The summed E-state index contributed by atoms with van der Waals surface area (Å²) in [6, 6.07) is 0. The molecule has 4 atom stereocenters. The molecular formula is C21H37FN2O5Sn. The van der Waals surface area contributed by atoms with Crippen molar-refractivity contribution in [2.75, 3.05) is 6.61 Å². The molecule has 0 amide bonds. The number of aliphatic hydroxyl groups excluding tert-OH is 2. The van der Waals surface area contributed by atoms with Crippen LogP contribution in [-0.2, 0) is 4.74 Å². The Morgan fingerprint density at radius 1 is 1.10 bits per heavy atom. The van der Waals surface area contributed by atoms with Gasteiger partial charge in [0.15, 0.2) is 0 Å². The third-order valence-electron chi connectivity index (χ3n) is 6.31. The van der Waals surface area contributed by atoms with Gasteiger partial charge in [0.2, 0.25) is 0 Å². The van der Waals surface area contributed by atoms with Crippen LogP contribution in [0.5, 0.6) is 0 Å². The maximum absolute atomic E-state index is 14.7. The van der Waals surface area contributed by atoms with Crippen LogP contribution in [0.15, 0.2) is 15.8 Å². The molecule has 0 aliphatic carbocycles. The van der Waals surface area contributed by atoms with Crippen molar-refractivity contribution in [1.82, 2.24) is 9.55 Å². The number of rotatable bonds is 12. The van der Waals surface area contributed by atoms with Crippen LogP contribution in [0.1, 0.15) is 65.5 Å². The molecule has 30 heavy (non-hydrogen) atoms. The molecule has 3 N–H and O–H groups in total. The number of hydrogen-bond donors (Lipinski definition) is 3. The fraction of sp³-hybridized carbons (Fsp3) is 0.810. The number of unbranched alkanes of at least 4 members (excludes halogenated alkanes) is 3. The summed E-state index contributed by atoms with van der Waals surface area (Å²) in [6.45, 7) is 5.86. The molecule has 0 spiro atoms. The van der Waals surface area contributed by atoms with Gasteiger partial charge in [0.1, 0.15) is 0 Å². The van der Waals surface area contributed by atoms with Crippen LogP contribution in [0.25, 0.3) is 0 Å². The fourth-order valence-electron chi connectivity index (χ4n) is 4.46. The molecular weight excluding hydrogens is 498 g/mol. The Morgan fingerprint density at radius 2 is 1.63 bits per heavy atom. The SMILES string of the molecule is CCC[CH2][Sn]([CH2]CCC)([CH2]CCC)[c]1cn(C2OC(CO)C(O)C2F)c(=O)[nH]c1=O. The zero-order valence-electron chi connectivity index (χ0n) is 18.4. The van der Waals surface area contributed by atoms with E-state index in [-0.39, 0.29) is 5.56 Å². The molecule has 172 valence electrons. The van der Waals surface area contributed by atoms with Gasteiger partial charge in [-0.15, -0.1) is 0 Å². The first-order valence-electron chi connectivity index (χ1n) is 11.3. The van der Waals surface area contributed by atoms with Crippen molar-refractivity contribution in [3.63, 3.8) is 0 Å². The number of nitrogens with one attached hydrogen (secondary N) is 1. The summed E-state index contributed by atoms with van der Waals surface area (Å²) < 4.78 is 25.0. The van der Waals surface area contributed by atoms with Crippen molar-refractivity contribution in [2.45, 2.75) is 97.2 Å². The van der Waals surface area contributed by atoms with E-state index in [1.807, 2.05) is 0 Å². The van der Waals surface area contributed by atoms with E-state index in [0.29, 0.717) is 3.58 Å². The van der Waals surface area contributed by atoms with Gasteiger partial charge in [0.05, 0.1) is 0 Å². The third-order valence-corrected chi connectivity index (χ3v) is 21.8. The van der Waals surface area contributed by atoms with Crippen molar-refractivity contribution in [3.8, 4) is 0 Å². The Labute approximate surface area is 181 Å². The van der Waals surface area contributed by atoms with Gasteiger partial charge in [-0.1, -0.05) is 0 Å². The quantitative estimate of drug-likeness (QED) is 0.356. The number of aliphatic hydroxyl groups is 2. The van der Waals surface area contributed by atoms with Gasteiger partial charge in [-0.2, -0.15) is 0 Å². The average molecular weight is 535 g/mol. The van der Waals surface area contributed by atoms with Crippen molar-refractivity contribution < 1.29 is 19.3 Å². The van der Waals surface area contributed by atoms with Gasteiger partial charge in [-0.25, -0.2) is 0 Å². The molecule has 4 unspecified atom stereocenters. The number of aromatic amines is 1. The molecule has 1 aromatic heterocycles. The van der Waals surface area contributed by atoms with Crippen LogP contribution in [0, 0.1) is 0 Å². The molecule has 0 radical (unpaired) electrons. The molecule has 7 nitrogen and oxygen atoms in total. The van der Waals surface area contributed by atoms with Crippen LogP contribution < -0.4 is 14.8 Å². The van der Waals surface area contributed by atoms with Crippen LogP contribution in [0.2, 0.25) is 13.3 Å². The molecule has 1 aromatic rings. The molecule has 0 saturated carbocycles. The van der Waals surface area contributed by atoms with Gasteiger partial charge in [0, 0.05) is 0 Å². The summed E-state index contributed by atoms with van der Waals surface area (Å²) in [5.74, 6) is 0. The van der Waals surface area contributed by atoms with E-state index in [9.17, 15) is 24.2 Å². The first-order valence-corrected chi connectivity index (χ1v) is 18.8. The second-order valence-electron chi connectivity index (χ2n) is 8.48. The van der Waals surface area contributed by atoms with Crippen molar-refractivity contribution in [3.05, 3.63) is 27.0 Å². The zero-order valence-corrected chi connectivity index (χ0v) is 21.3. The molecule has 2 rings (SSSR count). The first kappa shape index (κ1) is 25.5. The van der Waals surface area contributed by atoms with Gasteiger partial charge < -0.3 is 0 Å². The first-order chi connectivity index (χ1) is 14.3. The number of aromatic nitrogens is 2. The van der Waals surface area contributed by atoms with Gasteiger partial charge in [0.25, 0.3) is 0 Å². The molecule has 1 aliphatic heterocycles. The number of hydrogen-bond acceptors (Lipinski definition) is 5. The predicted molar refractivity (Wildman–Crippen MR) is 118 cm³/mol. The average Bonchev–Trinajstić information content (AvgIpc) is 3.02. The second kappa shape index (κ2) is 11.8. The van der Waals surface area contributed by atoms with E-state index in [4.69, 9.17) is 4.74 Å². The Hall–Kier alpha value is -0.711. The van der Waals surface area contributed by atoms with E-state index < -0.39 is 55.3 Å². The third kappa shape index (κ3) is 5.55. The fourth-order valence-corrected chi connectivity index (χ4v) is 20.5. The van der Waals surface area contributed by atoms with E-state index in [1.54, 1.807) is 0 Å². The molecule has 9 heteroatoms. The molecule has 2 heterocycles. The number of nitrogens with zero attached hydrogens (tertiary/aromatic N) is 1. The molecule has 1 aliphatic rings. The summed E-state index contributed by atoms with van der Waals surface area (Å²) in [4.78, 5) is 27.9. The molecule has 1 saturated heterocycles. The van der Waals surface area contributed by atoms with E-state index in [2.05, 4.69) is 25.8 Å². The minimum absolute atomic E-state index is 0.344. The predicted octanol–water partition coefficient (Wildman–Crippen LogP) is 2.18. The maximum atomic E-state index is 14.7. The summed E-state index contributed by atoms with van der Waals surface area (Å²) in [6.07, 6.45) is 1.94. The van der Waals surface area contributed by atoms with E-state index >= 15 is 0 Å². The van der Waals surface area contributed by atoms with E-state index in [0.717, 1.165) is 56.4 Å².